The zero-order valence-corrected chi connectivity index (χ0v) is 15.1. The molecule has 3 aromatic rings. The normalized spacial score (nSPS) is 17.7. The average molecular weight is 351 g/mol. The molecule has 4 rings (SSSR count). The van der Waals surface area contributed by atoms with Crippen LogP contribution >= 0.6 is 0 Å². The Hall–Kier alpha value is -2.60. The number of hydrogen-bond donors (Lipinski definition) is 0. The van der Waals surface area contributed by atoms with Crippen LogP contribution in [-0.4, -0.2) is 31.0 Å². The predicted octanol–water partition coefficient (Wildman–Crippen LogP) is 3.66. The van der Waals surface area contributed by atoms with Crippen LogP contribution < -0.4 is 0 Å². The summed E-state index contributed by atoms with van der Waals surface area (Å²) in [5.41, 5.74) is 2.91. The molecule has 0 radical (unpaired) electrons. The Morgan fingerprint density at radius 1 is 1.19 bits per heavy atom. The number of hydrogen-bond acceptors (Lipinski definition) is 4. The minimum atomic E-state index is -0.201. The van der Waals surface area contributed by atoms with Crippen molar-refractivity contribution in [3.8, 4) is 11.5 Å². The first kappa shape index (κ1) is 16.8. The Balaban J connectivity index is 1.62. The van der Waals surface area contributed by atoms with Crippen molar-refractivity contribution in [1.29, 1.82) is 0 Å². The summed E-state index contributed by atoms with van der Waals surface area (Å²) in [6.07, 6.45) is 5.84. The van der Waals surface area contributed by atoms with Gasteiger partial charge in [0.25, 0.3) is 0 Å². The molecule has 2 aromatic heterocycles. The van der Waals surface area contributed by atoms with E-state index in [2.05, 4.69) is 9.88 Å². The molecule has 0 bridgehead atoms. The van der Waals surface area contributed by atoms with E-state index in [-0.39, 0.29) is 11.9 Å². The molecule has 0 N–H and O–H groups in total. The van der Waals surface area contributed by atoms with Crippen molar-refractivity contribution in [2.45, 2.75) is 32.4 Å². The molecule has 0 aliphatic carbocycles. The van der Waals surface area contributed by atoms with E-state index in [1.165, 1.54) is 12.1 Å². The Morgan fingerprint density at radius 2 is 2.00 bits per heavy atom. The van der Waals surface area contributed by atoms with Gasteiger partial charge in [0, 0.05) is 31.7 Å². The summed E-state index contributed by atoms with van der Waals surface area (Å²) in [6, 6.07) is 8.89. The Labute approximate surface area is 152 Å². The number of rotatable bonds is 4. The molecule has 1 saturated heterocycles. The van der Waals surface area contributed by atoms with E-state index in [1.54, 1.807) is 6.20 Å². The lowest BCUT2D eigenvalue weighted by Crippen LogP contribution is -2.24. The van der Waals surface area contributed by atoms with Crippen LogP contribution in [0, 0.1) is 12.7 Å². The van der Waals surface area contributed by atoms with E-state index in [0.29, 0.717) is 0 Å². The third-order valence-corrected chi connectivity index (χ3v) is 4.88. The van der Waals surface area contributed by atoms with Crippen molar-refractivity contribution < 1.29 is 4.39 Å². The van der Waals surface area contributed by atoms with Crippen LogP contribution in [0.4, 0.5) is 4.39 Å². The zero-order valence-electron chi connectivity index (χ0n) is 15.1. The smallest absolute Gasteiger partial charge is 0.158 e. The van der Waals surface area contributed by atoms with Gasteiger partial charge in [-0.1, -0.05) is 12.1 Å². The maximum absolute atomic E-state index is 13.2. The highest BCUT2D eigenvalue weighted by Gasteiger charge is 2.29. The van der Waals surface area contributed by atoms with Crippen LogP contribution in [-0.2, 0) is 13.6 Å². The summed E-state index contributed by atoms with van der Waals surface area (Å²) in [7, 11) is 1.97. The molecule has 1 aliphatic rings. The molecule has 1 aliphatic heterocycles. The summed E-state index contributed by atoms with van der Waals surface area (Å²) in [5.74, 6) is 1.50. The van der Waals surface area contributed by atoms with Gasteiger partial charge in [-0.3, -0.25) is 4.90 Å². The monoisotopic (exact) mass is 351 g/mol. The molecular weight excluding hydrogens is 329 g/mol. The van der Waals surface area contributed by atoms with Crippen molar-refractivity contribution in [3.63, 3.8) is 0 Å². The first-order valence-corrected chi connectivity index (χ1v) is 8.92. The molecule has 1 fully saturated rings. The van der Waals surface area contributed by atoms with Gasteiger partial charge in [0.15, 0.2) is 5.82 Å². The number of nitrogens with zero attached hydrogens (tertiary/aromatic N) is 5. The SMILES string of the molecule is Cc1cc(-c2nccn2C)nc([C@@H]2CCCN2Cc2ccc(F)cc2)n1. The lowest BCUT2D eigenvalue weighted by Gasteiger charge is -2.24. The Morgan fingerprint density at radius 3 is 2.73 bits per heavy atom. The fourth-order valence-corrected chi connectivity index (χ4v) is 3.60. The van der Waals surface area contributed by atoms with Gasteiger partial charge in [0.05, 0.1) is 6.04 Å². The molecule has 134 valence electrons. The minimum Gasteiger partial charge on any atom is -0.333 e. The zero-order chi connectivity index (χ0) is 18.1. The van der Waals surface area contributed by atoms with Crippen LogP contribution in [0.1, 0.15) is 36.0 Å². The standard InChI is InChI=1S/C20H22FN5/c1-14-12-17(20-22-9-11-25(20)2)24-19(23-14)18-4-3-10-26(18)13-15-5-7-16(21)8-6-15/h5-9,11-12,18H,3-4,10,13H2,1-2H3/t18-/m0/s1. The molecule has 6 heteroatoms. The molecule has 0 saturated carbocycles. The van der Waals surface area contributed by atoms with Gasteiger partial charge in [-0.2, -0.15) is 0 Å². The first-order valence-electron chi connectivity index (χ1n) is 8.92. The second-order valence-corrected chi connectivity index (χ2v) is 6.87. The minimum absolute atomic E-state index is 0.180. The number of benzene rings is 1. The molecule has 5 nitrogen and oxygen atoms in total. The molecule has 3 heterocycles. The van der Waals surface area contributed by atoms with Gasteiger partial charge in [0.2, 0.25) is 0 Å². The second-order valence-electron chi connectivity index (χ2n) is 6.87. The lowest BCUT2D eigenvalue weighted by atomic mass is 10.1. The van der Waals surface area contributed by atoms with E-state index in [1.807, 2.05) is 42.9 Å². The summed E-state index contributed by atoms with van der Waals surface area (Å²) in [6.45, 7) is 3.77. The second kappa shape index (κ2) is 6.96. The van der Waals surface area contributed by atoms with Crippen molar-refractivity contribution >= 4 is 0 Å². The van der Waals surface area contributed by atoms with Crippen LogP contribution in [0.25, 0.3) is 11.5 Å². The van der Waals surface area contributed by atoms with E-state index < -0.39 is 0 Å². The van der Waals surface area contributed by atoms with Gasteiger partial charge in [0.1, 0.15) is 17.3 Å². The fraction of sp³-hybridized carbons (Fsp3) is 0.350. The number of aromatic nitrogens is 4. The van der Waals surface area contributed by atoms with Crippen LogP contribution in [0.3, 0.4) is 0 Å². The van der Waals surface area contributed by atoms with E-state index in [4.69, 9.17) is 9.97 Å². The maximum atomic E-state index is 13.2. The topological polar surface area (TPSA) is 46.8 Å². The van der Waals surface area contributed by atoms with Crippen molar-refractivity contribution in [2.75, 3.05) is 6.54 Å². The highest BCUT2D eigenvalue weighted by Crippen LogP contribution is 2.32. The summed E-state index contributed by atoms with van der Waals surface area (Å²) in [4.78, 5) is 16.3. The van der Waals surface area contributed by atoms with Gasteiger partial charge in [-0.05, 0) is 50.1 Å². The van der Waals surface area contributed by atoms with Crippen LogP contribution in [0.5, 0.6) is 0 Å². The van der Waals surface area contributed by atoms with E-state index in [9.17, 15) is 4.39 Å². The van der Waals surface area contributed by atoms with Crippen LogP contribution in [0.2, 0.25) is 0 Å². The van der Waals surface area contributed by atoms with Gasteiger partial charge in [-0.25, -0.2) is 19.3 Å². The van der Waals surface area contributed by atoms with Crippen LogP contribution in [0.15, 0.2) is 42.7 Å². The van der Waals surface area contributed by atoms with E-state index >= 15 is 0 Å². The van der Waals surface area contributed by atoms with Gasteiger partial charge >= 0.3 is 0 Å². The predicted molar refractivity (Wildman–Crippen MR) is 97.8 cm³/mol. The summed E-state index contributed by atoms with van der Waals surface area (Å²) >= 11 is 0. The van der Waals surface area contributed by atoms with Gasteiger partial charge < -0.3 is 4.57 Å². The molecule has 26 heavy (non-hydrogen) atoms. The number of aryl methyl sites for hydroxylation is 2. The van der Waals surface area contributed by atoms with Crippen molar-refractivity contribution in [3.05, 3.63) is 65.6 Å². The third kappa shape index (κ3) is 3.37. The van der Waals surface area contributed by atoms with Crippen molar-refractivity contribution in [2.24, 2.45) is 7.05 Å². The quantitative estimate of drug-likeness (QED) is 0.720. The van der Waals surface area contributed by atoms with Gasteiger partial charge in [-0.15, -0.1) is 0 Å². The lowest BCUT2D eigenvalue weighted by molar-refractivity contribution is 0.239. The Bertz CT molecular complexity index is 903. The summed E-state index contributed by atoms with van der Waals surface area (Å²) < 4.78 is 15.1. The molecule has 1 atom stereocenters. The molecule has 1 aromatic carbocycles. The van der Waals surface area contributed by atoms with E-state index in [0.717, 1.165) is 54.5 Å². The third-order valence-electron chi connectivity index (χ3n) is 4.88. The molecule has 0 unspecified atom stereocenters. The number of halogens is 1. The number of imidazole rings is 1. The fourth-order valence-electron chi connectivity index (χ4n) is 3.60. The molecule has 0 amide bonds. The first-order chi connectivity index (χ1) is 12.6. The maximum Gasteiger partial charge on any atom is 0.158 e. The Kier molecular flexibility index (Phi) is 4.51. The highest BCUT2D eigenvalue weighted by atomic mass is 19.1. The largest absolute Gasteiger partial charge is 0.333 e. The average Bonchev–Trinajstić information content (AvgIpc) is 3.25. The summed E-state index contributed by atoms with van der Waals surface area (Å²) in [5, 5.41) is 0. The van der Waals surface area contributed by atoms with Crippen molar-refractivity contribution in [1.82, 2.24) is 24.4 Å². The molecular formula is C20H22FN5. The highest BCUT2D eigenvalue weighted by molar-refractivity contribution is 5.50. The number of likely N-dealkylation sites (tertiary alicyclic amines) is 1. The molecule has 0 spiro atoms.